The van der Waals surface area contributed by atoms with Crippen LogP contribution in [0.5, 0.6) is 5.75 Å². The van der Waals surface area contributed by atoms with Crippen molar-refractivity contribution < 1.29 is 14.3 Å². The van der Waals surface area contributed by atoms with Gasteiger partial charge in [-0.05, 0) is 39.3 Å². The van der Waals surface area contributed by atoms with Gasteiger partial charge in [-0.1, -0.05) is 31.2 Å². The molecule has 0 saturated heterocycles. The summed E-state index contributed by atoms with van der Waals surface area (Å²) in [6.45, 7) is 7.62. The first kappa shape index (κ1) is 17.3. The minimum absolute atomic E-state index is 0.145. The summed E-state index contributed by atoms with van der Waals surface area (Å²) in [5.41, 5.74) is -0.125. The van der Waals surface area contributed by atoms with Crippen LogP contribution < -0.4 is 10.1 Å². The van der Waals surface area contributed by atoms with Gasteiger partial charge >= 0.3 is 0 Å². The molecule has 2 aromatic carbocycles. The van der Waals surface area contributed by atoms with Gasteiger partial charge in [-0.2, -0.15) is 0 Å². The molecule has 0 bridgehead atoms. The fourth-order valence-electron chi connectivity index (χ4n) is 2.15. The number of nitrogens with one attached hydrogen (secondary N) is 1. The number of hydrogen-bond acceptors (Lipinski definition) is 3. The largest absolute Gasteiger partial charge is 0.490 e. The third kappa shape index (κ3) is 3.82. The number of benzene rings is 2. The van der Waals surface area contributed by atoms with E-state index in [0.717, 1.165) is 28.6 Å². The van der Waals surface area contributed by atoms with E-state index in [2.05, 4.69) is 12.2 Å². The summed E-state index contributed by atoms with van der Waals surface area (Å²) in [6.07, 6.45) is 1.08. The SMILES string of the molecule is CCC(C)Oc1ccc(NC(=O)C(C)(C)OC)c2ccccc12. The van der Waals surface area contributed by atoms with Crippen LogP contribution in [0.3, 0.4) is 0 Å². The minimum atomic E-state index is -0.882. The summed E-state index contributed by atoms with van der Waals surface area (Å²) in [6, 6.07) is 11.7. The van der Waals surface area contributed by atoms with Crippen LogP contribution in [0.4, 0.5) is 5.69 Å². The molecule has 0 fully saturated rings. The summed E-state index contributed by atoms with van der Waals surface area (Å²) in [7, 11) is 1.53. The highest BCUT2D eigenvalue weighted by molar-refractivity contribution is 6.06. The Morgan fingerprint density at radius 3 is 2.43 bits per heavy atom. The maximum absolute atomic E-state index is 12.4. The zero-order valence-corrected chi connectivity index (χ0v) is 14.5. The molecule has 0 aliphatic heterocycles. The fraction of sp³-hybridized carbons (Fsp3) is 0.421. The quantitative estimate of drug-likeness (QED) is 0.860. The summed E-state index contributed by atoms with van der Waals surface area (Å²) in [5.74, 6) is 0.652. The van der Waals surface area contributed by atoms with Gasteiger partial charge in [-0.3, -0.25) is 4.79 Å². The number of methoxy groups -OCH3 is 1. The molecule has 4 heteroatoms. The van der Waals surface area contributed by atoms with Crippen molar-refractivity contribution in [2.24, 2.45) is 0 Å². The van der Waals surface area contributed by atoms with E-state index >= 15 is 0 Å². The first-order chi connectivity index (χ1) is 10.9. The van der Waals surface area contributed by atoms with Crippen LogP contribution in [-0.2, 0) is 9.53 Å². The molecule has 0 aromatic heterocycles. The zero-order valence-electron chi connectivity index (χ0n) is 14.5. The van der Waals surface area contributed by atoms with Crippen LogP contribution in [0.1, 0.15) is 34.1 Å². The highest BCUT2D eigenvalue weighted by Crippen LogP contribution is 2.33. The number of anilines is 1. The smallest absolute Gasteiger partial charge is 0.256 e. The molecular weight excluding hydrogens is 290 g/mol. The average Bonchev–Trinajstić information content (AvgIpc) is 2.56. The molecular formula is C19H25NO3. The highest BCUT2D eigenvalue weighted by Gasteiger charge is 2.27. The Kier molecular flexibility index (Phi) is 5.26. The Balaban J connectivity index is 2.40. The van der Waals surface area contributed by atoms with Gasteiger partial charge in [-0.25, -0.2) is 0 Å². The minimum Gasteiger partial charge on any atom is -0.490 e. The Bertz CT molecular complexity index is 694. The van der Waals surface area contributed by atoms with Crippen LogP contribution in [0.2, 0.25) is 0 Å². The van der Waals surface area contributed by atoms with Crippen molar-refractivity contribution in [3.8, 4) is 5.75 Å². The number of fused-ring (bicyclic) bond motifs is 1. The molecule has 1 amide bonds. The topological polar surface area (TPSA) is 47.6 Å². The first-order valence-electron chi connectivity index (χ1n) is 7.94. The van der Waals surface area contributed by atoms with Crippen molar-refractivity contribution in [3.05, 3.63) is 36.4 Å². The van der Waals surface area contributed by atoms with Crippen LogP contribution in [0.15, 0.2) is 36.4 Å². The standard InChI is InChI=1S/C19H25NO3/c1-6-13(2)23-17-12-11-16(14-9-7-8-10-15(14)17)20-18(21)19(3,4)22-5/h7-13H,6H2,1-5H3,(H,20,21). The van der Waals surface area contributed by atoms with Gasteiger partial charge in [0.05, 0.1) is 6.10 Å². The van der Waals surface area contributed by atoms with Gasteiger partial charge in [0.1, 0.15) is 11.4 Å². The van der Waals surface area contributed by atoms with Gasteiger partial charge in [0, 0.05) is 23.6 Å². The van der Waals surface area contributed by atoms with E-state index in [1.807, 2.05) is 43.3 Å². The third-order valence-corrected chi connectivity index (χ3v) is 4.09. The fourth-order valence-corrected chi connectivity index (χ4v) is 2.15. The molecule has 2 rings (SSSR count). The van der Waals surface area contributed by atoms with Gasteiger partial charge in [0.25, 0.3) is 5.91 Å². The van der Waals surface area contributed by atoms with Crippen LogP contribution in [0, 0.1) is 0 Å². The van der Waals surface area contributed by atoms with Crippen LogP contribution in [-0.4, -0.2) is 24.7 Å². The molecule has 23 heavy (non-hydrogen) atoms. The van der Waals surface area contributed by atoms with Crippen molar-refractivity contribution >= 4 is 22.4 Å². The number of ether oxygens (including phenoxy) is 2. The molecule has 1 N–H and O–H groups in total. The number of carbonyl (C=O) groups excluding carboxylic acids is 1. The van der Waals surface area contributed by atoms with E-state index in [1.165, 1.54) is 7.11 Å². The maximum atomic E-state index is 12.4. The predicted octanol–water partition coefficient (Wildman–Crippen LogP) is 4.38. The molecule has 0 aliphatic rings. The first-order valence-corrected chi connectivity index (χ1v) is 7.94. The Labute approximate surface area is 137 Å². The van der Waals surface area contributed by atoms with Crippen LogP contribution >= 0.6 is 0 Å². The summed E-state index contributed by atoms with van der Waals surface area (Å²) in [5, 5.41) is 4.89. The van der Waals surface area contributed by atoms with Gasteiger partial charge in [0.2, 0.25) is 0 Å². The number of carbonyl (C=O) groups is 1. The Morgan fingerprint density at radius 2 is 1.83 bits per heavy atom. The van der Waals surface area contributed by atoms with Crippen LogP contribution in [0.25, 0.3) is 10.8 Å². The van der Waals surface area contributed by atoms with Gasteiger partial charge in [-0.15, -0.1) is 0 Å². The molecule has 1 unspecified atom stereocenters. The second-order valence-electron chi connectivity index (χ2n) is 6.16. The van der Waals surface area contributed by atoms with E-state index in [0.29, 0.717) is 0 Å². The number of rotatable bonds is 6. The Hall–Kier alpha value is -2.07. The zero-order chi connectivity index (χ0) is 17.0. The van der Waals surface area contributed by atoms with E-state index in [-0.39, 0.29) is 12.0 Å². The lowest BCUT2D eigenvalue weighted by Crippen LogP contribution is -2.38. The van der Waals surface area contributed by atoms with E-state index in [4.69, 9.17) is 9.47 Å². The molecule has 0 radical (unpaired) electrons. The molecule has 0 aliphatic carbocycles. The summed E-state index contributed by atoms with van der Waals surface area (Å²) < 4.78 is 11.2. The predicted molar refractivity (Wildman–Crippen MR) is 94.0 cm³/mol. The van der Waals surface area contributed by atoms with E-state index in [9.17, 15) is 4.79 Å². The number of hydrogen-bond donors (Lipinski definition) is 1. The molecule has 124 valence electrons. The van der Waals surface area contributed by atoms with E-state index < -0.39 is 5.60 Å². The molecule has 0 saturated carbocycles. The molecule has 2 aromatic rings. The molecule has 0 spiro atoms. The number of amides is 1. The maximum Gasteiger partial charge on any atom is 0.256 e. The average molecular weight is 315 g/mol. The van der Waals surface area contributed by atoms with Crippen molar-refractivity contribution in [3.63, 3.8) is 0 Å². The lowest BCUT2D eigenvalue weighted by Gasteiger charge is -2.23. The van der Waals surface area contributed by atoms with Gasteiger partial charge in [0.15, 0.2) is 0 Å². The van der Waals surface area contributed by atoms with Crippen molar-refractivity contribution in [2.45, 2.75) is 45.8 Å². The Morgan fingerprint density at radius 1 is 1.17 bits per heavy atom. The third-order valence-electron chi connectivity index (χ3n) is 4.09. The molecule has 1 atom stereocenters. The van der Waals surface area contributed by atoms with E-state index in [1.54, 1.807) is 13.8 Å². The summed E-state index contributed by atoms with van der Waals surface area (Å²) in [4.78, 5) is 12.4. The lowest BCUT2D eigenvalue weighted by molar-refractivity contribution is -0.133. The molecule has 0 heterocycles. The summed E-state index contributed by atoms with van der Waals surface area (Å²) >= 11 is 0. The van der Waals surface area contributed by atoms with Gasteiger partial charge < -0.3 is 14.8 Å². The second kappa shape index (κ2) is 7.01. The lowest BCUT2D eigenvalue weighted by atomic mass is 10.1. The van der Waals surface area contributed by atoms with Crippen molar-refractivity contribution in [1.82, 2.24) is 0 Å². The normalized spacial score (nSPS) is 12.9. The second-order valence-corrected chi connectivity index (χ2v) is 6.16. The van der Waals surface area contributed by atoms with Crippen molar-refractivity contribution in [1.29, 1.82) is 0 Å². The van der Waals surface area contributed by atoms with Crippen molar-refractivity contribution in [2.75, 3.05) is 12.4 Å². The monoisotopic (exact) mass is 315 g/mol. The highest BCUT2D eigenvalue weighted by atomic mass is 16.5. The molecule has 4 nitrogen and oxygen atoms in total.